The van der Waals surface area contributed by atoms with Gasteiger partial charge in [0.15, 0.2) is 0 Å². The van der Waals surface area contributed by atoms with E-state index < -0.39 is 0 Å². The van der Waals surface area contributed by atoms with E-state index in [2.05, 4.69) is 55.0 Å². The van der Waals surface area contributed by atoms with Crippen LogP contribution in [-0.4, -0.2) is 9.97 Å². The molecular formula is C24H38N2. The molecule has 0 radical (unpaired) electrons. The third-order valence-electron chi connectivity index (χ3n) is 5.71. The second-order valence-electron chi connectivity index (χ2n) is 7.82. The van der Waals surface area contributed by atoms with E-state index in [1.165, 1.54) is 68.9 Å². The number of nitrogens with one attached hydrogen (secondary N) is 1. The minimum absolute atomic E-state index is 0.576. The fourth-order valence-corrected chi connectivity index (χ4v) is 3.82. The Morgan fingerprint density at radius 3 is 2.35 bits per heavy atom. The molecule has 2 unspecified atom stereocenters. The lowest BCUT2D eigenvalue weighted by Crippen LogP contribution is -2.01. The minimum Gasteiger partial charge on any atom is -0.348 e. The summed E-state index contributed by atoms with van der Waals surface area (Å²) in [6.07, 6.45) is 16.8. The monoisotopic (exact) mass is 354 g/mol. The van der Waals surface area contributed by atoms with Gasteiger partial charge in [0.2, 0.25) is 0 Å². The van der Waals surface area contributed by atoms with Crippen molar-refractivity contribution in [3.8, 4) is 0 Å². The van der Waals surface area contributed by atoms with Gasteiger partial charge in [0.25, 0.3) is 0 Å². The van der Waals surface area contributed by atoms with Gasteiger partial charge in [0.05, 0.1) is 0 Å². The summed E-state index contributed by atoms with van der Waals surface area (Å²) in [6, 6.07) is 9.42. The summed E-state index contributed by atoms with van der Waals surface area (Å²) in [5.41, 5.74) is 2.99. The summed E-state index contributed by atoms with van der Waals surface area (Å²) < 4.78 is 0. The van der Waals surface area contributed by atoms with Crippen LogP contribution in [0.2, 0.25) is 0 Å². The van der Waals surface area contributed by atoms with Crippen molar-refractivity contribution < 1.29 is 0 Å². The van der Waals surface area contributed by atoms with Gasteiger partial charge in [-0.3, -0.25) is 0 Å². The van der Waals surface area contributed by atoms with Crippen molar-refractivity contribution in [2.45, 2.75) is 96.8 Å². The highest BCUT2D eigenvalue weighted by Gasteiger charge is 2.13. The molecule has 0 bridgehead atoms. The first-order chi connectivity index (χ1) is 12.7. The van der Waals surface area contributed by atoms with E-state index in [-0.39, 0.29) is 0 Å². The molecule has 0 aliphatic rings. The molecule has 1 N–H and O–H groups in total. The van der Waals surface area contributed by atoms with Crippen LogP contribution in [0.1, 0.15) is 107 Å². The van der Waals surface area contributed by atoms with Crippen LogP contribution < -0.4 is 0 Å². The maximum Gasteiger partial charge on any atom is 0.109 e. The molecule has 2 rings (SSSR count). The minimum atomic E-state index is 0.576. The summed E-state index contributed by atoms with van der Waals surface area (Å²) in [5.74, 6) is 2.37. The SMILES string of the molecule is CCCCCCCc1ccc(C(C)CCCC(CC)c2ncc[nH]2)cc1. The van der Waals surface area contributed by atoms with Crippen molar-refractivity contribution in [2.75, 3.05) is 0 Å². The topological polar surface area (TPSA) is 28.7 Å². The van der Waals surface area contributed by atoms with Crippen LogP contribution in [0.5, 0.6) is 0 Å². The Morgan fingerprint density at radius 2 is 1.69 bits per heavy atom. The van der Waals surface area contributed by atoms with Crippen LogP contribution in [0.25, 0.3) is 0 Å². The highest BCUT2D eigenvalue weighted by atomic mass is 14.9. The van der Waals surface area contributed by atoms with E-state index in [1.807, 2.05) is 12.4 Å². The molecule has 0 spiro atoms. The molecule has 1 heterocycles. The predicted molar refractivity (Wildman–Crippen MR) is 113 cm³/mol. The summed E-state index contributed by atoms with van der Waals surface area (Å²) in [7, 11) is 0. The first-order valence-corrected chi connectivity index (χ1v) is 10.8. The number of unbranched alkanes of at least 4 members (excludes halogenated alkanes) is 4. The zero-order valence-corrected chi connectivity index (χ0v) is 17.1. The quantitative estimate of drug-likeness (QED) is 0.373. The van der Waals surface area contributed by atoms with Gasteiger partial charge in [-0.15, -0.1) is 0 Å². The van der Waals surface area contributed by atoms with Crippen molar-refractivity contribution in [2.24, 2.45) is 0 Å². The van der Waals surface area contributed by atoms with Gasteiger partial charge in [-0.1, -0.05) is 77.1 Å². The first kappa shape index (κ1) is 20.7. The van der Waals surface area contributed by atoms with Crippen molar-refractivity contribution >= 4 is 0 Å². The molecular weight excluding hydrogens is 316 g/mol. The van der Waals surface area contributed by atoms with Crippen molar-refractivity contribution in [3.05, 3.63) is 53.6 Å². The molecule has 0 fully saturated rings. The molecule has 1 aromatic heterocycles. The number of aryl methyl sites for hydroxylation is 1. The second kappa shape index (κ2) is 11.9. The number of aromatic nitrogens is 2. The number of imidazole rings is 1. The van der Waals surface area contributed by atoms with Crippen LogP contribution in [-0.2, 0) is 6.42 Å². The summed E-state index contributed by atoms with van der Waals surface area (Å²) in [5, 5.41) is 0. The molecule has 0 aliphatic carbocycles. The fourth-order valence-electron chi connectivity index (χ4n) is 3.82. The predicted octanol–water partition coefficient (Wildman–Crippen LogP) is 7.39. The summed E-state index contributed by atoms with van der Waals surface area (Å²) >= 11 is 0. The second-order valence-corrected chi connectivity index (χ2v) is 7.82. The van der Waals surface area contributed by atoms with E-state index in [9.17, 15) is 0 Å². The third kappa shape index (κ3) is 6.97. The van der Waals surface area contributed by atoms with Crippen molar-refractivity contribution in [1.82, 2.24) is 9.97 Å². The zero-order valence-electron chi connectivity index (χ0n) is 17.1. The first-order valence-electron chi connectivity index (χ1n) is 10.8. The van der Waals surface area contributed by atoms with Gasteiger partial charge in [0, 0.05) is 18.3 Å². The zero-order chi connectivity index (χ0) is 18.6. The molecule has 26 heavy (non-hydrogen) atoms. The molecule has 2 nitrogen and oxygen atoms in total. The highest BCUT2D eigenvalue weighted by molar-refractivity contribution is 5.25. The van der Waals surface area contributed by atoms with Gasteiger partial charge >= 0.3 is 0 Å². The Balaban J connectivity index is 1.70. The highest BCUT2D eigenvalue weighted by Crippen LogP contribution is 2.27. The van der Waals surface area contributed by atoms with Gasteiger partial charge in [-0.05, 0) is 49.1 Å². The van der Waals surface area contributed by atoms with E-state index in [0.29, 0.717) is 11.8 Å². The van der Waals surface area contributed by atoms with E-state index in [0.717, 1.165) is 12.2 Å². The van der Waals surface area contributed by atoms with Crippen molar-refractivity contribution in [1.29, 1.82) is 0 Å². The van der Waals surface area contributed by atoms with Crippen LogP contribution in [0.4, 0.5) is 0 Å². The number of benzene rings is 1. The molecule has 2 atom stereocenters. The van der Waals surface area contributed by atoms with Crippen LogP contribution >= 0.6 is 0 Å². The Hall–Kier alpha value is -1.57. The Bertz CT molecular complexity index is 571. The maximum absolute atomic E-state index is 4.44. The Kier molecular flexibility index (Phi) is 9.52. The summed E-state index contributed by atoms with van der Waals surface area (Å²) in [4.78, 5) is 7.72. The molecule has 2 heteroatoms. The standard InChI is InChI=1S/C24H38N2/c1-4-6-7-8-9-12-21-14-16-23(17-15-21)20(3)11-10-13-22(5-2)24-25-18-19-26-24/h14-20,22H,4-13H2,1-3H3,(H,25,26). The molecule has 0 amide bonds. The number of hydrogen-bond donors (Lipinski definition) is 1. The lowest BCUT2D eigenvalue weighted by atomic mass is 9.91. The van der Waals surface area contributed by atoms with Crippen LogP contribution in [0.3, 0.4) is 0 Å². The molecule has 144 valence electrons. The number of rotatable bonds is 13. The van der Waals surface area contributed by atoms with Crippen LogP contribution in [0, 0.1) is 0 Å². The van der Waals surface area contributed by atoms with Crippen molar-refractivity contribution in [3.63, 3.8) is 0 Å². The molecule has 0 aliphatic heterocycles. The Morgan fingerprint density at radius 1 is 0.923 bits per heavy atom. The average Bonchev–Trinajstić information content (AvgIpc) is 3.20. The maximum atomic E-state index is 4.44. The smallest absolute Gasteiger partial charge is 0.109 e. The third-order valence-corrected chi connectivity index (χ3v) is 5.71. The molecule has 0 saturated heterocycles. The molecule has 0 saturated carbocycles. The van der Waals surface area contributed by atoms with Gasteiger partial charge in [-0.2, -0.15) is 0 Å². The number of hydrogen-bond acceptors (Lipinski definition) is 1. The van der Waals surface area contributed by atoms with E-state index >= 15 is 0 Å². The number of nitrogens with zero attached hydrogens (tertiary/aromatic N) is 1. The molecule has 2 aromatic rings. The van der Waals surface area contributed by atoms with E-state index in [4.69, 9.17) is 0 Å². The van der Waals surface area contributed by atoms with Crippen LogP contribution in [0.15, 0.2) is 36.7 Å². The number of H-pyrrole nitrogens is 1. The van der Waals surface area contributed by atoms with Gasteiger partial charge in [0.1, 0.15) is 5.82 Å². The van der Waals surface area contributed by atoms with E-state index in [1.54, 1.807) is 0 Å². The Labute approximate surface area is 160 Å². The average molecular weight is 355 g/mol. The molecule has 1 aromatic carbocycles. The largest absolute Gasteiger partial charge is 0.348 e. The normalized spacial score (nSPS) is 13.7. The number of aromatic amines is 1. The lowest BCUT2D eigenvalue weighted by Gasteiger charge is -2.16. The van der Waals surface area contributed by atoms with Gasteiger partial charge < -0.3 is 4.98 Å². The van der Waals surface area contributed by atoms with Gasteiger partial charge in [-0.25, -0.2) is 4.98 Å². The summed E-state index contributed by atoms with van der Waals surface area (Å²) in [6.45, 7) is 6.91. The lowest BCUT2D eigenvalue weighted by molar-refractivity contribution is 0.514. The fraction of sp³-hybridized carbons (Fsp3) is 0.625.